The third-order valence-electron chi connectivity index (χ3n) is 6.54. The molecule has 1 aromatic rings. The first-order chi connectivity index (χ1) is 13.5. The summed E-state index contributed by atoms with van der Waals surface area (Å²) in [5.41, 5.74) is 1.34. The number of benzene rings is 1. The van der Waals surface area contributed by atoms with Gasteiger partial charge < -0.3 is 14.3 Å². The molecule has 0 aliphatic heterocycles. The van der Waals surface area contributed by atoms with Gasteiger partial charge in [0, 0.05) is 5.92 Å². The Morgan fingerprint density at radius 1 is 1.24 bits per heavy atom. The molecule has 0 heterocycles. The van der Waals surface area contributed by atoms with Gasteiger partial charge in [0.15, 0.2) is 8.32 Å². The van der Waals surface area contributed by atoms with E-state index in [0.29, 0.717) is 0 Å². The topological polar surface area (TPSA) is 38.7 Å². The molecule has 0 aromatic heterocycles. The fraction of sp³-hybridized carbons (Fsp3) is 0.600. The van der Waals surface area contributed by atoms with Crippen LogP contribution in [0.1, 0.15) is 53.4 Å². The number of hydrogen-bond acceptors (Lipinski definition) is 3. The highest BCUT2D eigenvalue weighted by atomic mass is 28.4. The van der Waals surface area contributed by atoms with E-state index in [4.69, 9.17) is 9.16 Å². The molecule has 1 aliphatic rings. The zero-order valence-electron chi connectivity index (χ0n) is 19.2. The molecule has 0 spiro atoms. The van der Waals surface area contributed by atoms with Crippen molar-refractivity contribution in [1.82, 2.24) is 0 Å². The highest BCUT2D eigenvalue weighted by Crippen LogP contribution is 2.39. The lowest BCUT2D eigenvalue weighted by molar-refractivity contribution is 0.0491. The Bertz CT molecular complexity index is 675. The minimum Gasteiger partial charge on any atom is -0.488 e. The maximum Gasteiger partial charge on any atom is 0.192 e. The van der Waals surface area contributed by atoms with Gasteiger partial charge >= 0.3 is 0 Å². The lowest BCUT2D eigenvalue weighted by Gasteiger charge is -2.41. The van der Waals surface area contributed by atoms with Gasteiger partial charge in [0.25, 0.3) is 0 Å². The van der Waals surface area contributed by atoms with E-state index in [1.165, 1.54) is 5.57 Å². The van der Waals surface area contributed by atoms with E-state index < -0.39 is 8.32 Å². The van der Waals surface area contributed by atoms with E-state index in [-0.39, 0.29) is 29.3 Å². The van der Waals surface area contributed by atoms with E-state index in [1.807, 2.05) is 36.4 Å². The summed E-state index contributed by atoms with van der Waals surface area (Å²) in [5.74, 6) is 1.08. The van der Waals surface area contributed by atoms with Gasteiger partial charge in [0.1, 0.15) is 11.9 Å². The van der Waals surface area contributed by atoms with Crippen LogP contribution in [0.2, 0.25) is 18.1 Å². The Morgan fingerprint density at radius 3 is 2.48 bits per heavy atom. The molecule has 2 rings (SSSR count). The lowest BCUT2D eigenvalue weighted by Crippen LogP contribution is -2.47. The SMILES string of the molecule is C=CCC1C(CCC(O[Si](C)(C)C(C)(C)C)C(C)Oc2ccccc2)=CCC1O. The van der Waals surface area contributed by atoms with Crippen molar-refractivity contribution in [2.75, 3.05) is 0 Å². The number of allylic oxidation sites excluding steroid dienone is 1. The Balaban J connectivity index is 2.12. The van der Waals surface area contributed by atoms with Crippen LogP contribution in [0.25, 0.3) is 0 Å². The second-order valence-corrected chi connectivity index (χ2v) is 14.6. The van der Waals surface area contributed by atoms with Crippen molar-refractivity contribution in [1.29, 1.82) is 0 Å². The molecular formula is C25H40O3Si. The maximum absolute atomic E-state index is 10.3. The summed E-state index contributed by atoms with van der Waals surface area (Å²) < 4.78 is 13.1. The van der Waals surface area contributed by atoms with Crippen molar-refractivity contribution >= 4 is 8.32 Å². The third kappa shape index (κ3) is 6.56. The molecule has 3 nitrogen and oxygen atoms in total. The monoisotopic (exact) mass is 416 g/mol. The van der Waals surface area contributed by atoms with Crippen LogP contribution in [0.3, 0.4) is 0 Å². The second kappa shape index (κ2) is 10.1. The summed E-state index contributed by atoms with van der Waals surface area (Å²) >= 11 is 0. The van der Waals surface area contributed by atoms with E-state index in [1.54, 1.807) is 0 Å². The molecule has 0 bridgehead atoms. The van der Waals surface area contributed by atoms with Gasteiger partial charge in [-0.05, 0) is 62.9 Å². The minimum absolute atomic E-state index is 0.0131. The highest BCUT2D eigenvalue weighted by molar-refractivity contribution is 6.74. The molecule has 4 unspecified atom stereocenters. The number of aliphatic hydroxyl groups excluding tert-OH is 1. The average molecular weight is 417 g/mol. The number of ether oxygens (including phenoxy) is 1. The zero-order valence-corrected chi connectivity index (χ0v) is 20.2. The molecule has 0 amide bonds. The first-order valence-corrected chi connectivity index (χ1v) is 13.8. The maximum atomic E-state index is 10.3. The van der Waals surface area contributed by atoms with Crippen molar-refractivity contribution in [2.24, 2.45) is 5.92 Å². The van der Waals surface area contributed by atoms with Crippen molar-refractivity contribution in [3.05, 3.63) is 54.6 Å². The Kier molecular flexibility index (Phi) is 8.33. The summed E-state index contributed by atoms with van der Waals surface area (Å²) in [6.07, 6.45) is 7.22. The number of para-hydroxylation sites is 1. The van der Waals surface area contributed by atoms with E-state index in [9.17, 15) is 5.11 Å². The van der Waals surface area contributed by atoms with Crippen LogP contribution in [0, 0.1) is 5.92 Å². The Hall–Kier alpha value is -1.36. The van der Waals surface area contributed by atoms with Crippen molar-refractivity contribution < 1.29 is 14.3 Å². The number of aliphatic hydroxyl groups is 1. The van der Waals surface area contributed by atoms with Gasteiger partial charge in [-0.3, -0.25) is 0 Å². The summed E-state index contributed by atoms with van der Waals surface area (Å²) in [4.78, 5) is 0. The molecule has 4 atom stereocenters. The summed E-state index contributed by atoms with van der Waals surface area (Å²) in [7, 11) is -1.94. The molecule has 0 saturated carbocycles. The minimum atomic E-state index is -1.94. The Labute approximate surface area is 179 Å². The molecule has 162 valence electrons. The van der Waals surface area contributed by atoms with Crippen molar-refractivity contribution in [2.45, 2.75) is 89.8 Å². The predicted molar refractivity (Wildman–Crippen MR) is 125 cm³/mol. The summed E-state index contributed by atoms with van der Waals surface area (Å²) in [6, 6.07) is 9.98. The van der Waals surface area contributed by atoms with Crippen LogP contribution in [-0.4, -0.2) is 31.7 Å². The van der Waals surface area contributed by atoms with Crippen LogP contribution >= 0.6 is 0 Å². The quantitative estimate of drug-likeness (QED) is 0.349. The van der Waals surface area contributed by atoms with Crippen LogP contribution < -0.4 is 4.74 Å². The molecule has 29 heavy (non-hydrogen) atoms. The molecule has 1 aliphatic carbocycles. The highest BCUT2D eigenvalue weighted by Gasteiger charge is 2.40. The van der Waals surface area contributed by atoms with Gasteiger partial charge in [-0.25, -0.2) is 0 Å². The van der Waals surface area contributed by atoms with E-state index >= 15 is 0 Å². The molecule has 0 radical (unpaired) electrons. The summed E-state index contributed by atoms with van der Waals surface area (Å²) in [5, 5.41) is 10.4. The van der Waals surface area contributed by atoms with Gasteiger partial charge in [-0.2, -0.15) is 0 Å². The Morgan fingerprint density at radius 2 is 1.90 bits per heavy atom. The van der Waals surface area contributed by atoms with Gasteiger partial charge in [0.05, 0.1) is 12.2 Å². The number of hydrogen-bond donors (Lipinski definition) is 1. The van der Waals surface area contributed by atoms with Gasteiger partial charge in [-0.15, -0.1) is 6.58 Å². The van der Waals surface area contributed by atoms with Crippen molar-refractivity contribution in [3.63, 3.8) is 0 Å². The standard InChI is InChI=1S/C25H40O3Si/c1-8-12-22-20(15-17-23(22)26)16-18-24(28-29(6,7)25(3,4)5)19(2)27-21-13-10-9-11-14-21/h8-11,13-15,19,22-24,26H,1,12,16-18H2,2-7H3. The fourth-order valence-corrected chi connectivity index (χ4v) is 5.07. The lowest BCUT2D eigenvalue weighted by atomic mass is 9.91. The van der Waals surface area contributed by atoms with E-state index in [2.05, 4.69) is 53.4 Å². The average Bonchev–Trinajstić information content (AvgIpc) is 2.99. The first kappa shape index (κ1) is 23.9. The van der Waals surface area contributed by atoms with Crippen molar-refractivity contribution in [3.8, 4) is 5.75 Å². The molecular weight excluding hydrogens is 376 g/mol. The largest absolute Gasteiger partial charge is 0.488 e. The molecule has 1 N–H and O–H groups in total. The second-order valence-electron chi connectivity index (χ2n) is 9.80. The fourth-order valence-electron chi connectivity index (χ4n) is 3.65. The number of rotatable bonds is 10. The normalized spacial score (nSPS) is 22.1. The van der Waals surface area contributed by atoms with Gasteiger partial charge in [0.2, 0.25) is 0 Å². The summed E-state index contributed by atoms with van der Waals surface area (Å²) in [6.45, 7) is 17.4. The molecule has 1 aromatic carbocycles. The zero-order chi connectivity index (χ0) is 21.7. The molecule has 4 heteroatoms. The van der Waals surface area contributed by atoms with Crippen LogP contribution in [0.4, 0.5) is 0 Å². The van der Waals surface area contributed by atoms with Crippen LogP contribution in [0.15, 0.2) is 54.6 Å². The molecule has 0 fully saturated rings. The van der Waals surface area contributed by atoms with Gasteiger partial charge in [-0.1, -0.05) is 56.7 Å². The first-order valence-electron chi connectivity index (χ1n) is 10.9. The van der Waals surface area contributed by atoms with Crippen LogP contribution in [0.5, 0.6) is 5.75 Å². The third-order valence-corrected chi connectivity index (χ3v) is 11.0. The predicted octanol–water partition coefficient (Wildman–Crippen LogP) is 6.51. The smallest absolute Gasteiger partial charge is 0.192 e. The van der Waals surface area contributed by atoms with E-state index in [0.717, 1.165) is 31.4 Å². The molecule has 0 saturated heterocycles. The van der Waals surface area contributed by atoms with Crippen LogP contribution in [-0.2, 0) is 4.43 Å².